The van der Waals surface area contributed by atoms with Gasteiger partial charge >= 0.3 is 0 Å². The molecule has 0 aliphatic rings. The number of ether oxygens (including phenoxy) is 2. The van der Waals surface area contributed by atoms with Gasteiger partial charge in [-0.3, -0.25) is 9.36 Å². The number of fused-ring (bicyclic) bond motifs is 1. The molecular weight excluding hydrogens is 435 g/mol. The lowest BCUT2D eigenvalue weighted by atomic mass is 10.1. The van der Waals surface area contributed by atoms with Gasteiger partial charge in [0.15, 0.2) is 16.7 Å². The molecule has 8 heteroatoms. The highest BCUT2D eigenvalue weighted by Crippen LogP contribution is 2.29. The van der Waals surface area contributed by atoms with Crippen molar-refractivity contribution in [3.05, 3.63) is 81.2 Å². The molecule has 4 aromatic rings. The topological polar surface area (TPSA) is 53.4 Å². The fourth-order valence-corrected chi connectivity index (χ4v) is 5.06. The quantitative estimate of drug-likeness (QED) is 0.271. The van der Waals surface area contributed by atoms with Crippen LogP contribution in [0.25, 0.3) is 10.2 Å². The minimum Gasteiger partial charge on any atom is -0.493 e. The lowest BCUT2D eigenvalue weighted by Crippen LogP contribution is -2.23. The van der Waals surface area contributed by atoms with Crippen molar-refractivity contribution in [1.82, 2.24) is 9.55 Å². The van der Waals surface area contributed by atoms with Crippen LogP contribution in [0.4, 0.5) is 4.39 Å². The fourth-order valence-electron chi connectivity index (χ4n) is 3.27. The second kappa shape index (κ2) is 9.53. The Balaban J connectivity index is 1.63. The number of aromatic nitrogens is 2. The van der Waals surface area contributed by atoms with E-state index in [1.807, 2.05) is 29.6 Å². The summed E-state index contributed by atoms with van der Waals surface area (Å²) in [6, 6.07) is 14.2. The van der Waals surface area contributed by atoms with Gasteiger partial charge in [-0.25, -0.2) is 9.37 Å². The van der Waals surface area contributed by atoms with Crippen LogP contribution in [-0.2, 0) is 18.7 Å². The second-order valence-corrected chi connectivity index (χ2v) is 8.66. The Bertz CT molecular complexity index is 1270. The van der Waals surface area contributed by atoms with Crippen LogP contribution < -0.4 is 15.0 Å². The van der Waals surface area contributed by atoms with Crippen molar-refractivity contribution in [2.45, 2.75) is 23.9 Å². The van der Waals surface area contributed by atoms with Crippen LogP contribution >= 0.6 is 23.1 Å². The van der Waals surface area contributed by atoms with Gasteiger partial charge in [-0.1, -0.05) is 36.0 Å². The third-order valence-corrected chi connectivity index (χ3v) is 6.83. The standard InChI is InChI=1S/C23H21FN2O3S2/c1-28-19-8-7-15(13-20(19)29-2)9-11-26-22(27)21-18(10-12-30-21)25-23(26)31-14-16-5-3-4-6-17(16)24/h3-8,10,12-13H,9,11,14H2,1-2H3. The fraction of sp³-hybridized carbons (Fsp3) is 0.217. The Morgan fingerprint density at radius 1 is 1.10 bits per heavy atom. The minimum atomic E-state index is -0.258. The first kappa shape index (κ1) is 21.4. The molecule has 0 aliphatic carbocycles. The molecule has 4 rings (SSSR count). The first-order chi connectivity index (χ1) is 15.1. The van der Waals surface area contributed by atoms with E-state index in [1.54, 1.807) is 37.0 Å². The molecule has 2 aromatic heterocycles. The van der Waals surface area contributed by atoms with E-state index >= 15 is 0 Å². The highest BCUT2D eigenvalue weighted by Gasteiger charge is 2.14. The summed E-state index contributed by atoms with van der Waals surface area (Å²) < 4.78 is 27.0. The van der Waals surface area contributed by atoms with Gasteiger partial charge in [-0.2, -0.15) is 0 Å². The third kappa shape index (κ3) is 4.60. The summed E-state index contributed by atoms with van der Waals surface area (Å²) in [5.41, 5.74) is 2.20. The average molecular weight is 457 g/mol. The molecule has 2 aromatic carbocycles. The summed E-state index contributed by atoms with van der Waals surface area (Å²) in [6.07, 6.45) is 0.617. The van der Waals surface area contributed by atoms with Gasteiger partial charge in [-0.15, -0.1) is 11.3 Å². The smallest absolute Gasteiger partial charge is 0.272 e. The number of hydrogen-bond acceptors (Lipinski definition) is 6. The Labute approximate surface area is 187 Å². The van der Waals surface area contributed by atoms with E-state index in [0.29, 0.717) is 51.2 Å². The molecule has 2 heterocycles. The molecule has 0 spiro atoms. The second-order valence-electron chi connectivity index (χ2n) is 6.81. The van der Waals surface area contributed by atoms with Crippen molar-refractivity contribution < 1.29 is 13.9 Å². The maximum Gasteiger partial charge on any atom is 0.272 e. The number of methoxy groups -OCH3 is 2. The van der Waals surface area contributed by atoms with Gasteiger partial charge < -0.3 is 9.47 Å². The zero-order valence-electron chi connectivity index (χ0n) is 17.1. The van der Waals surface area contributed by atoms with E-state index in [-0.39, 0.29) is 11.4 Å². The first-order valence-electron chi connectivity index (χ1n) is 9.66. The number of halogens is 1. The van der Waals surface area contributed by atoms with Gasteiger partial charge in [0, 0.05) is 12.3 Å². The first-order valence-corrected chi connectivity index (χ1v) is 11.5. The van der Waals surface area contributed by atoms with Crippen LogP contribution in [0.3, 0.4) is 0 Å². The van der Waals surface area contributed by atoms with Crippen LogP contribution in [0.15, 0.2) is 63.9 Å². The minimum absolute atomic E-state index is 0.0727. The SMILES string of the molecule is COc1ccc(CCn2c(SCc3ccccc3F)nc3ccsc3c2=O)cc1OC. The Morgan fingerprint density at radius 2 is 1.90 bits per heavy atom. The van der Waals surface area contributed by atoms with Gasteiger partial charge in [0.2, 0.25) is 0 Å². The van der Waals surface area contributed by atoms with Crippen molar-refractivity contribution >= 4 is 33.3 Å². The summed E-state index contributed by atoms with van der Waals surface area (Å²) in [5, 5.41) is 2.45. The number of hydrogen-bond donors (Lipinski definition) is 0. The summed E-state index contributed by atoms with van der Waals surface area (Å²) in [7, 11) is 3.19. The number of thioether (sulfide) groups is 1. The Hall–Kier alpha value is -2.84. The Kier molecular flexibility index (Phi) is 6.58. The molecular formula is C23H21FN2O3S2. The largest absolute Gasteiger partial charge is 0.493 e. The number of thiophene rings is 1. The van der Waals surface area contributed by atoms with Crippen LogP contribution in [0.5, 0.6) is 11.5 Å². The monoisotopic (exact) mass is 456 g/mol. The average Bonchev–Trinajstić information content (AvgIpc) is 3.27. The number of nitrogens with zero attached hydrogens (tertiary/aromatic N) is 2. The molecule has 0 unspecified atom stereocenters. The van der Waals surface area contributed by atoms with E-state index in [1.165, 1.54) is 29.2 Å². The maximum absolute atomic E-state index is 14.1. The lowest BCUT2D eigenvalue weighted by Gasteiger charge is -2.13. The summed E-state index contributed by atoms with van der Waals surface area (Å²) in [5.74, 6) is 1.44. The van der Waals surface area contributed by atoms with Crippen LogP contribution in [0.1, 0.15) is 11.1 Å². The van der Waals surface area contributed by atoms with Crippen LogP contribution in [0, 0.1) is 5.82 Å². The van der Waals surface area contributed by atoms with Crippen molar-refractivity contribution in [2.75, 3.05) is 14.2 Å². The molecule has 0 atom stereocenters. The maximum atomic E-state index is 14.1. The van der Waals surface area contributed by atoms with Crippen molar-refractivity contribution in [1.29, 1.82) is 0 Å². The van der Waals surface area contributed by atoms with Gasteiger partial charge in [0.05, 0.1) is 19.7 Å². The molecule has 0 N–H and O–H groups in total. The lowest BCUT2D eigenvalue weighted by molar-refractivity contribution is 0.354. The summed E-state index contributed by atoms with van der Waals surface area (Å²) in [4.78, 5) is 17.8. The molecule has 160 valence electrons. The van der Waals surface area contributed by atoms with Gasteiger partial charge in [0.1, 0.15) is 10.5 Å². The normalized spacial score (nSPS) is 11.1. The van der Waals surface area contributed by atoms with Crippen LogP contribution in [0.2, 0.25) is 0 Å². The zero-order chi connectivity index (χ0) is 21.8. The zero-order valence-corrected chi connectivity index (χ0v) is 18.8. The molecule has 5 nitrogen and oxygen atoms in total. The molecule has 0 saturated heterocycles. The van der Waals surface area contributed by atoms with E-state index in [4.69, 9.17) is 9.47 Å². The highest BCUT2D eigenvalue weighted by molar-refractivity contribution is 7.98. The van der Waals surface area contributed by atoms with Crippen molar-refractivity contribution in [2.24, 2.45) is 0 Å². The van der Waals surface area contributed by atoms with E-state index < -0.39 is 0 Å². The predicted octanol–water partition coefficient (Wildman–Crippen LogP) is 5.15. The Morgan fingerprint density at radius 3 is 2.68 bits per heavy atom. The molecule has 0 fully saturated rings. The number of benzene rings is 2. The van der Waals surface area contributed by atoms with Gasteiger partial charge in [-0.05, 0) is 47.2 Å². The summed E-state index contributed by atoms with van der Waals surface area (Å²) in [6.45, 7) is 0.453. The highest BCUT2D eigenvalue weighted by atomic mass is 32.2. The molecule has 0 radical (unpaired) electrons. The summed E-state index contributed by atoms with van der Waals surface area (Å²) >= 11 is 2.75. The predicted molar refractivity (Wildman–Crippen MR) is 123 cm³/mol. The number of rotatable bonds is 8. The van der Waals surface area contributed by atoms with E-state index in [2.05, 4.69) is 4.98 Å². The van der Waals surface area contributed by atoms with E-state index in [0.717, 1.165) is 5.56 Å². The molecule has 0 amide bonds. The molecule has 0 bridgehead atoms. The van der Waals surface area contributed by atoms with Crippen molar-refractivity contribution in [3.63, 3.8) is 0 Å². The third-order valence-electron chi connectivity index (χ3n) is 4.92. The molecule has 0 saturated carbocycles. The molecule has 31 heavy (non-hydrogen) atoms. The van der Waals surface area contributed by atoms with Crippen molar-refractivity contribution in [3.8, 4) is 11.5 Å². The van der Waals surface area contributed by atoms with Crippen LogP contribution in [-0.4, -0.2) is 23.8 Å². The van der Waals surface area contributed by atoms with Gasteiger partial charge in [0.25, 0.3) is 5.56 Å². The number of aryl methyl sites for hydroxylation is 1. The molecule has 0 aliphatic heterocycles. The van der Waals surface area contributed by atoms with E-state index in [9.17, 15) is 9.18 Å².